The Morgan fingerprint density at radius 1 is 1.30 bits per heavy atom. The van der Waals surface area contributed by atoms with Gasteiger partial charge in [0.05, 0.1) is 18.9 Å². The standard InChI is InChI=1S/C15H21NO11/c16-27-11-10(21)14(24)26-12(11)15(25,4-17)6-2-1-5(3-7(18)19)8(9(6)20)13(22)23/h6,10-12,14,17,21,24-25H,1-4,16H2,(H,18,19)(H,22,23)/t6?,10-,11-,12-,14?,15-/m0/s1. The van der Waals surface area contributed by atoms with Crippen LogP contribution in [0.2, 0.25) is 0 Å². The maximum atomic E-state index is 12.7. The molecule has 2 unspecified atom stereocenters. The van der Waals surface area contributed by atoms with E-state index in [1.807, 2.05) is 0 Å². The monoisotopic (exact) mass is 391 g/mol. The second-order valence-electron chi connectivity index (χ2n) is 6.50. The Morgan fingerprint density at radius 2 is 1.93 bits per heavy atom. The minimum Gasteiger partial charge on any atom is -0.481 e. The molecule has 1 aliphatic carbocycles. The molecule has 12 nitrogen and oxygen atoms in total. The molecule has 1 saturated heterocycles. The normalized spacial score (nSPS) is 33.8. The Morgan fingerprint density at radius 3 is 2.41 bits per heavy atom. The number of carboxylic acids is 2. The largest absolute Gasteiger partial charge is 0.481 e. The van der Waals surface area contributed by atoms with Gasteiger partial charge >= 0.3 is 11.9 Å². The molecule has 1 fully saturated rings. The summed E-state index contributed by atoms with van der Waals surface area (Å²) in [6, 6.07) is 0. The summed E-state index contributed by atoms with van der Waals surface area (Å²) in [4.78, 5) is 39.6. The third-order valence-electron chi connectivity index (χ3n) is 4.95. The van der Waals surface area contributed by atoms with Gasteiger partial charge in [0.2, 0.25) is 0 Å². The van der Waals surface area contributed by atoms with E-state index in [-0.39, 0.29) is 18.4 Å². The predicted molar refractivity (Wildman–Crippen MR) is 82.6 cm³/mol. The lowest BCUT2D eigenvalue weighted by Gasteiger charge is -2.41. The first-order chi connectivity index (χ1) is 12.6. The molecule has 12 heteroatoms. The number of carboxylic acid groups (broad SMARTS) is 2. The van der Waals surface area contributed by atoms with E-state index in [1.165, 1.54) is 0 Å². The average molecular weight is 391 g/mol. The highest BCUT2D eigenvalue weighted by molar-refractivity contribution is 6.19. The topological polar surface area (TPSA) is 217 Å². The predicted octanol–water partition coefficient (Wildman–Crippen LogP) is -3.12. The second-order valence-corrected chi connectivity index (χ2v) is 6.50. The van der Waals surface area contributed by atoms with Crippen LogP contribution in [0.3, 0.4) is 0 Å². The zero-order chi connectivity index (χ0) is 20.5. The lowest BCUT2D eigenvalue weighted by Crippen LogP contribution is -2.60. The van der Waals surface area contributed by atoms with Crippen LogP contribution in [0.4, 0.5) is 0 Å². The smallest absolute Gasteiger partial charge is 0.339 e. The number of rotatable bonds is 7. The first-order valence-electron chi connectivity index (χ1n) is 8.00. The summed E-state index contributed by atoms with van der Waals surface area (Å²) in [7, 11) is 0. The van der Waals surface area contributed by atoms with Crippen LogP contribution in [-0.2, 0) is 24.0 Å². The van der Waals surface area contributed by atoms with Crippen LogP contribution in [0, 0.1) is 5.92 Å². The highest BCUT2D eigenvalue weighted by Crippen LogP contribution is 2.41. The number of carbonyl (C=O) groups is 3. The number of aliphatic carboxylic acids is 2. The number of hydrogen-bond acceptors (Lipinski definition) is 10. The van der Waals surface area contributed by atoms with Crippen molar-refractivity contribution in [1.29, 1.82) is 0 Å². The van der Waals surface area contributed by atoms with Crippen molar-refractivity contribution in [2.75, 3.05) is 6.61 Å². The van der Waals surface area contributed by atoms with Crippen LogP contribution < -0.4 is 5.90 Å². The van der Waals surface area contributed by atoms with Crippen molar-refractivity contribution in [2.24, 2.45) is 11.8 Å². The van der Waals surface area contributed by atoms with Gasteiger partial charge in [-0.2, -0.15) is 0 Å². The molecule has 0 aromatic rings. The van der Waals surface area contributed by atoms with Crippen molar-refractivity contribution in [1.82, 2.24) is 0 Å². The number of carbonyl (C=O) groups excluding carboxylic acids is 1. The maximum Gasteiger partial charge on any atom is 0.339 e. The van der Waals surface area contributed by atoms with Crippen LogP contribution in [0.1, 0.15) is 19.3 Å². The molecular formula is C15H21NO11. The van der Waals surface area contributed by atoms with Gasteiger partial charge in [0, 0.05) is 0 Å². The van der Waals surface area contributed by atoms with Gasteiger partial charge in [0.15, 0.2) is 12.1 Å². The highest BCUT2D eigenvalue weighted by Gasteiger charge is 2.59. The van der Waals surface area contributed by atoms with E-state index in [1.54, 1.807) is 0 Å². The van der Waals surface area contributed by atoms with Gasteiger partial charge in [-0.15, -0.1) is 0 Å². The van der Waals surface area contributed by atoms with Gasteiger partial charge < -0.3 is 35.4 Å². The Kier molecular flexibility index (Phi) is 6.32. The van der Waals surface area contributed by atoms with Gasteiger partial charge in [-0.05, 0) is 18.4 Å². The summed E-state index contributed by atoms with van der Waals surface area (Å²) in [6.45, 7) is -1.10. The minimum absolute atomic E-state index is 0.115. The number of hydrogen-bond donors (Lipinski definition) is 7. The molecule has 6 atom stereocenters. The molecule has 1 heterocycles. The summed E-state index contributed by atoms with van der Waals surface area (Å²) in [5.74, 6) is -0.566. The van der Waals surface area contributed by atoms with Crippen LogP contribution >= 0.6 is 0 Å². The number of Topliss-reactive ketones (excluding diaryl/α,β-unsaturated/α-hetero) is 1. The van der Waals surface area contributed by atoms with Crippen molar-refractivity contribution in [3.05, 3.63) is 11.1 Å². The Hall–Kier alpha value is -1.93. The summed E-state index contributed by atoms with van der Waals surface area (Å²) in [6.07, 6.45) is -7.67. The number of ketones is 1. The molecule has 1 aliphatic heterocycles. The third kappa shape index (κ3) is 3.73. The molecule has 27 heavy (non-hydrogen) atoms. The van der Waals surface area contributed by atoms with Crippen molar-refractivity contribution < 1.29 is 54.6 Å². The SMILES string of the molecule is NO[C@H]1[C@H](O)C(O)O[C@@H]1[C@](O)(CO)C1CCC(CC(=O)O)=C(C(=O)O)C1=O. The van der Waals surface area contributed by atoms with E-state index < -0.39 is 72.4 Å². The number of ether oxygens (including phenoxy) is 1. The molecular weight excluding hydrogens is 370 g/mol. The fraction of sp³-hybridized carbons (Fsp3) is 0.667. The third-order valence-corrected chi connectivity index (χ3v) is 4.95. The lowest BCUT2D eigenvalue weighted by atomic mass is 9.70. The van der Waals surface area contributed by atoms with E-state index in [0.29, 0.717) is 0 Å². The van der Waals surface area contributed by atoms with Gasteiger partial charge in [0.1, 0.15) is 29.5 Å². The Labute approximate surface area is 152 Å². The van der Waals surface area contributed by atoms with Gasteiger partial charge in [-0.25, -0.2) is 10.7 Å². The summed E-state index contributed by atoms with van der Waals surface area (Å²) in [5, 5.41) is 58.3. The van der Waals surface area contributed by atoms with E-state index >= 15 is 0 Å². The molecule has 0 aromatic heterocycles. The van der Waals surface area contributed by atoms with Crippen LogP contribution in [0.15, 0.2) is 11.1 Å². The molecule has 2 aliphatic rings. The first kappa shape index (κ1) is 21.4. The lowest BCUT2D eigenvalue weighted by molar-refractivity contribution is -0.207. The van der Waals surface area contributed by atoms with Crippen LogP contribution in [0.5, 0.6) is 0 Å². The summed E-state index contributed by atoms with van der Waals surface area (Å²) in [5.41, 5.74) is -3.35. The molecule has 0 saturated carbocycles. The zero-order valence-corrected chi connectivity index (χ0v) is 14.0. The molecule has 0 spiro atoms. The maximum absolute atomic E-state index is 12.7. The van der Waals surface area contributed by atoms with Gasteiger partial charge in [-0.3, -0.25) is 14.4 Å². The number of aliphatic hydroxyl groups excluding tert-OH is 3. The molecule has 0 bridgehead atoms. The fourth-order valence-electron chi connectivity index (χ4n) is 3.62. The first-order valence-corrected chi connectivity index (χ1v) is 8.00. The fourth-order valence-corrected chi connectivity index (χ4v) is 3.62. The molecule has 8 N–H and O–H groups in total. The minimum atomic E-state index is -2.45. The molecule has 152 valence electrons. The molecule has 0 radical (unpaired) electrons. The highest BCUT2D eigenvalue weighted by atomic mass is 16.7. The van der Waals surface area contributed by atoms with Crippen molar-refractivity contribution in [2.45, 2.75) is 49.5 Å². The van der Waals surface area contributed by atoms with E-state index in [4.69, 9.17) is 15.7 Å². The second kappa shape index (κ2) is 7.98. The van der Waals surface area contributed by atoms with E-state index in [2.05, 4.69) is 4.84 Å². The van der Waals surface area contributed by atoms with Crippen molar-refractivity contribution in [3.8, 4) is 0 Å². The van der Waals surface area contributed by atoms with E-state index in [9.17, 15) is 39.9 Å². The van der Waals surface area contributed by atoms with Crippen LogP contribution in [0.25, 0.3) is 0 Å². The van der Waals surface area contributed by atoms with Gasteiger partial charge in [-0.1, -0.05) is 0 Å². The summed E-state index contributed by atoms with van der Waals surface area (Å²) < 4.78 is 5.00. The molecule has 2 rings (SSSR count). The number of aliphatic hydroxyl groups is 4. The zero-order valence-electron chi connectivity index (χ0n) is 14.0. The molecule has 0 amide bonds. The van der Waals surface area contributed by atoms with Crippen molar-refractivity contribution in [3.63, 3.8) is 0 Å². The van der Waals surface area contributed by atoms with Crippen molar-refractivity contribution >= 4 is 17.7 Å². The van der Waals surface area contributed by atoms with Crippen LogP contribution in [-0.4, -0.2) is 85.2 Å². The average Bonchev–Trinajstić information content (AvgIpc) is 2.88. The van der Waals surface area contributed by atoms with Gasteiger partial charge in [0.25, 0.3) is 0 Å². The number of nitrogens with two attached hydrogens (primary N) is 1. The Balaban J connectivity index is 2.43. The quantitative estimate of drug-likeness (QED) is 0.169. The molecule has 0 aromatic carbocycles. The Bertz CT molecular complexity index is 662. The van der Waals surface area contributed by atoms with E-state index in [0.717, 1.165) is 0 Å². The summed E-state index contributed by atoms with van der Waals surface area (Å²) >= 11 is 0.